The number of aromatic nitrogens is 3. The van der Waals surface area contributed by atoms with E-state index in [0.717, 1.165) is 5.56 Å². The minimum Gasteiger partial charge on any atom is -0.307 e. The highest BCUT2D eigenvalue weighted by Crippen LogP contribution is 2.20. The molecule has 0 aliphatic rings. The van der Waals surface area contributed by atoms with E-state index in [1.165, 1.54) is 12.4 Å². The van der Waals surface area contributed by atoms with Gasteiger partial charge in [0.05, 0.1) is 6.04 Å². The lowest BCUT2D eigenvalue weighted by molar-refractivity contribution is 0.610. The third kappa shape index (κ3) is 1.94. The van der Waals surface area contributed by atoms with Crippen molar-refractivity contribution in [2.75, 3.05) is 7.05 Å². The molecule has 0 saturated heterocycles. The number of halogens is 1. The Morgan fingerprint density at radius 2 is 2.25 bits per heavy atom. The van der Waals surface area contributed by atoms with Gasteiger partial charge < -0.3 is 5.32 Å². The van der Waals surface area contributed by atoms with E-state index in [-0.39, 0.29) is 11.9 Å². The zero-order valence-electron chi connectivity index (χ0n) is 9.16. The van der Waals surface area contributed by atoms with Gasteiger partial charge in [0.25, 0.3) is 0 Å². The molecule has 2 rings (SSSR count). The average molecular weight is 220 g/mol. The van der Waals surface area contributed by atoms with Gasteiger partial charge in [0.1, 0.15) is 18.0 Å². The van der Waals surface area contributed by atoms with Crippen LogP contribution in [0, 0.1) is 12.7 Å². The van der Waals surface area contributed by atoms with Gasteiger partial charge in [-0.15, -0.1) is 0 Å². The summed E-state index contributed by atoms with van der Waals surface area (Å²) in [5, 5.41) is 9.72. The van der Waals surface area contributed by atoms with Crippen LogP contribution in [-0.2, 0) is 0 Å². The summed E-state index contributed by atoms with van der Waals surface area (Å²) in [7, 11) is 1.83. The monoisotopic (exact) mass is 220 g/mol. The molecule has 1 aromatic carbocycles. The van der Waals surface area contributed by atoms with Crippen LogP contribution in [-0.4, -0.2) is 22.2 Å². The van der Waals surface area contributed by atoms with Crippen molar-refractivity contribution < 1.29 is 4.39 Å². The molecule has 2 N–H and O–H groups in total. The maximum atomic E-state index is 13.2. The molecule has 1 unspecified atom stereocenters. The zero-order valence-corrected chi connectivity index (χ0v) is 9.16. The molecular weight excluding hydrogens is 207 g/mol. The standard InChI is InChI=1S/C11H13FN4/c1-7-5-8(3-4-9(7)12)10(13-2)11-14-6-15-16-11/h3-6,10,13H,1-2H3,(H,14,15,16). The molecular formula is C11H13FN4. The van der Waals surface area contributed by atoms with Crippen LogP contribution in [0.5, 0.6) is 0 Å². The maximum absolute atomic E-state index is 13.2. The van der Waals surface area contributed by atoms with Gasteiger partial charge in [-0.05, 0) is 31.2 Å². The van der Waals surface area contributed by atoms with Crippen LogP contribution < -0.4 is 5.32 Å². The number of rotatable bonds is 3. The number of benzene rings is 1. The number of H-pyrrole nitrogens is 1. The Balaban J connectivity index is 2.37. The number of nitrogens with zero attached hydrogens (tertiary/aromatic N) is 2. The van der Waals surface area contributed by atoms with Crippen molar-refractivity contribution in [1.82, 2.24) is 20.5 Å². The third-order valence-corrected chi connectivity index (χ3v) is 2.51. The highest BCUT2D eigenvalue weighted by Gasteiger charge is 2.15. The minimum atomic E-state index is -0.198. The SMILES string of the molecule is CNC(c1ccc(F)c(C)c1)c1ncn[nH]1. The first kappa shape index (κ1) is 10.8. The lowest BCUT2D eigenvalue weighted by atomic mass is 10.0. The molecule has 4 nitrogen and oxygen atoms in total. The molecule has 0 amide bonds. The molecule has 0 bridgehead atoms. The maximum Gasteiger partial charge on any atom is 0.145 e. The van der Waals surface area contributed by atoms with Crippen molar-refractivity contribution >= 4 is 0 Å². The third-order valence-electron chi connectivity index (χ3n) is 2.51. The molecule has 2 aromatic rings. The van der Waals surface area contributed by atoms with Crippen LogP contribution in [0.3, 0.4) is 0 Å². The second-order valence-electron chi connectivity index (χ2n) is 3.60. The predicted octanol–water partition coefficient (Wildman–Crippen LogP) is 1.56. The van der Waals surface area contributed by atoms with Gasteiger partial charge in [0, 0.05) is 0 Å². The Kier molecular flexibility index (Phi) is 2.96. The van der Waals surface area contributed by atoms with E-state index in [2.05, 4.69) is 20.5 Å². The van der Waals surface area contributed by atoms with Gasteiger partial charge in [0.15, 0.2) is 0 Å². The van der Waals surface area contributed by atoms with Gasteiger partial charge >= 0.3 is 0 Å². The first-order chi connectivity index (χ1) is 7.72. The summed E-state index contributed by atoms with van der Waals surface area (Å²) in [6.07, 6.45) is 1.45. The fourth-order valence-electron chi connectivity index (χ4n) is 1.66. The van der Waals surface area contributed by atoms with Crippen LogP contribution in [0.15, 0.2) is 24.5 Å². The van der Waals surface area contributed by atoms with E-state index < -0.39 is 0 Å². The fraction of sp³-hybridized carbons (Fsp3) is 0.273. The summed E-state index contributed by atoms with van der Waals surface area (Å²) in [5.74, 6) is 0.518. The number of aromatic amines is 1. The smallest absolute Gasteiger partial charge is 0.145 e. The average Bonchev–Trinajstić information content (AvgIpc) is 2.78. The van der Waals surface area contributed by atoms with Gasteiger partial charge in [-0.1, -0.05) is 12.1 Å². The summed E-state index contributed by atoms with van der Waals surface area (Å²) in [6.45, 7) is 1.74. The summed E-state index contributed by atoms with van der Waals surface area (Å²) < 4.78 is 13.2. The Morgan fingerprint density at radius 1 is 1.44 bits per heavy atom. The van der Waals surface area contributed by atoms with Crippen LogP contribution in [0.1, 0.15) is 23.0 Å². The number of nitrogens with one attached hydrogen (secondary N) is 2. The van der Waals surface area contributed by atoms with Crippen LogP contribution >= 0.6 is 0 Å². The number of aryl methyl sites for hydroxylation is 1. The summed E-state index contributed by atoms with van der Waals surface area (Å²) in [4.78, 5) is 4.09. The molecule has 1 aromatic heterocycles. The molecule has 0 radical (unpaired) electrons. The van der Waals surface area contributed by atoms with Crippen molar-refractivity contribution in [1.29, 1.82) is 0 Å². The van der Waals surface area contributed by atoms with Crippen molar-refractivity contribution in [3.63, 3.8) is 0 Å². The summed E-state index contributed by atoms with van der Waals surface area (Å²) in [6, 6.07) is 4.91. The molecule has 1 heterocycles. The van der Waals surface area contributed by atoms with Crippen molar-refractivity contribution in [2.24, 2.45) is 0 Å². The van der Waals surface area contributed by atoms with E-state index in [0.29, 0.717) is 11.4 Å². The second-order valence-corrected chi connectivity index (χ2v) is 3.60. The van der Waals surface area contributed by atoms with Crippen molar-refractivity contribution in [3.8, 4) is 0 Å². The molecule has 0 spiro atoms. The molecule has 0 fully saturated rings. The van der Waals surface area contributed by atoms with Crippen molar-refractivity contribution in [3.05, 3.63) is 47.3 Å². The van der Waals surface area contributed by atoms with Gasteiger partial charge in [-0.25, -0.2) is 9.37 Å². The molecule has 0 aliphatic heterocycles. The normalized spacial score (nSPS) is 12.7. The van der Waals surface area contributed by atoms with Gasteiger partial charge in [0.2, 0.25) is 0 Å². The van der Waals surface area contributed by atoms with E-state index in [1.807, 2.05) is 7.05 Å². The molecule has 1 atom stereocenters. The van der Waals surface area contributed by atoms with E-state index in [9.17, 15) is 4.39 Å². The van der Waals surface area contributed by atoms with E-state index >= 15 is 0 Å². The minimum absolute atomic E-state index is 0.0956. The number of hydrogen-bond acceptors (Lipinski definition) is 3. The van der Waals surface area contributed by atoms with Crippen molar-refractivity contribution in [2.45, 2.75) is 13.0 Å². The quantitative estimate of drug-likeness (QED) is 0.825. The first-order valence-corrected chi connectivity index (χ1v) is 5.01. The molecule has 0 aliphatic carbocycles. The number of hydrogen-bond donors (Lipinski definition) is 2. The zero-order chi connectivity index (χ0) is 11.5. The van der Waals surface area contributed by atoms with Crippen LogP contribution in [0.25, 0.3) is 0 Å². The Bertz CT molecular complexity index is 467. The predicted molar refractivity (Wildman–Crippen MR) is 58.4 cm³/mol. The Hall–Kier alpha value is -1.75. The molecule has 16 heavy (non-hydrogen) atoms. The summed E-state index contributed by atoms with van der Waals surface area (Å²) >= 11 is 0. The second kappa shape index (κ2) is 4.40. The lowest BCUT2D eigenvalue weighted by Gasteiger charge is -2.14. The molecule has 84 valence electrons. The van der Waals surface area contributed by atoms with Gasteiger partial charge in [-0.3, -0.25) is 5.10 Å². The molecule has 0 saturated carbocycles. The van der Waals surface area contributed by atoms with Crippen LogP contribution in [0.2, 0.25) is 0 Å². The Labute approximate surface area is 92.9 Å². The fourth-order valence-corrected chi connectivity index (χ4v) is 1.66. The topological polar surface area (TPSA) is 53.6 Å². The highest BCUT2D eigenvalue weighted by molar-refractivity contribution is 5.29. The molecule has 5 heteroatoms. The van der Waals surface area contributed by atoms with E-state index in [1.54, 1.807) is 19.1 Å². The van der Waals surface area contributed by atoms with Gasteiger partial charge in [-0.2, -0.15) is 5.10 Å². The van der Waals surface area contributed by atoms with E-state index in [4.69, 9.17) is 0 Å². The largest absolute Gasteiger partial charge is 0.307 e. The first-order valence-electron chi connectivity index (χ1n) is 5.01. The Morgan fingerprint density at radius 3 is 2.81 bits per heavy atom. The summed E-state index contributed by atoms with van der Waals surface area (Å²) in [5.41, 5.74) is 1.58. The lowest BCUT2D eigenvalue weighted by Crippen LogP contribution is -2.19. The van der Waals surface area contributed by atoms with Crippen LogP contribution in [0.4, 0.5) is 4.39 Å². The highest BCUT2D eigenvalue weighted by atomic mass is 19.1.